The summed E-state index contributed by atoms with van der Waals surface area (Å²) in [4.78, 5) is 28.0. The maximum atomic E-state index is 12.2. The topological polar surface area (TPSA) is 90.0 Å². The van der Waals surface area contributed by atoms with Crippen molar-refractivity contribution in [3.8, 4) is 11.5 Å². The van der Waals surface area contributed by atoms with E-state index in [-0.39, 0.29) is 11.3 Å². The Balaban J connectivity index is 1.54. The van der Waals surface area contributed by atoms with Crippen molar-refractivity contribution in [3.63, 3.8) is 0 Å². The molecule has 0 bridgehead atoms. The molecule has 26 heavy (non-hydrogen) atoms. The van der Waals surface area contributed by atoms with Crippen LogP contribution in [0.3, 0.4) is 0 Å². The number of nitrogens with zero attached hydrogens (tertiary/aromatic N) is 3. The van der Waals surface area contributed by atoms with Crippen molar-refractivity contribution >= 4 is 22.7 Å². The SMILES string of the molecule is Cn1nc(C(=O)Nc2ccc(-c3nc4ccccc4o3)cc2)ccc1=O. The van der Waals surface area contributed by atoms with E-state index in [1.807, 2.05) is 36.4 Å². The van der Waals surface area contributed by atoms with E-state index in [0.717, 1.165) is 21.3 Å². The van der Waals surface area contributed by atoms with Crippen LogP contribution in [-0.4, -0.2) is 20.7 Å². The molecule has 7 heteroatoms. The Hall–Kier alpha value is -3.74. The third kappa shape index (κ3) is 2.98. The van der Waals surface area contributed by atoms with Gasteiger partial charge in [0, 0.05) is 24.4 Å². The Kier molecular flexibility index (Phi) is 3.81. The summed E-state index contributed by atoms with van der Waals surface area (Å²) in [6.45, 7) is 0. The van der Waals surface area contributed by atoms with Crippen molar-refractivity contribution in [2.24, 2.45) is 7.05 Å². The van der Waals surface area contributed by atoms with Crippen molar-refractivity contribution < 1.29 is 9.21 Å². The number of amides is 1. The zero-order valence-corrected chi connectivity index (χ0v) is 13.8. The highest BCUT2D eigenvalue weighted by Crippen LogP contribution is 2.25. The number of nitrogens with one attached hydrogen (secondary N) is 1. The van der Waals surface area contributed by atoms with Gasteiger partial charge >= 0.3 is 0 Å². The second kappa shape index (κ2) is 6.29. The average Bonchev–Trinajstić information content (AvgIpc) is 3.08. The highest BCUT2D eigenvalue weighted by molar-refractivity contribution is 6.02. The van der Waals surface area contributed by atoms with Crippen LogP contribution in [-0.2, 0) is 7.05 Å². The van der Waals surface area contributed by atoms with Gasteiger partial charge in [-0.1, -0.05) is 12.1 Å². The number of benzene rings is 2. The number of para-hydroxylation sites is 2. The van der Waals surface area contributed by atoms with E-state index in [1.54, 1.807) is 12.1 Å². The molecule has 4 aromatic rings. The van der Waals surface area contributed by atoms with E-state index >= 15 is 0 Å². The first-order valence-electron chi connectivity index (χ1n) is 7.92. The fraction of sp³-hybridized carbons (Fsp3) is 0.0526. The van der Waals surface area contributed by atoms with Crippen LogP contribution >= 0.6 is 0 Å². The summed E-state index contributed by atoms with van der Waals surface area (Å²) < 4.78 is 6.84. The first-order chi connectivity index (χ1) is 12.6. The average molecular weight is 346 g/mol. The standard InChI is InChI=1S/C19H14N4O3/c1-23-17(24)11-10-15(22-23)18(25)20-13-8-6-12(7-9-13)19-21-14-4-2-3-5-16(14)26-19/h2-11H,1H3,(H,20,25). The van der Waals surface area contributed by atoms with Gasteiger partial charge in [-0.05, 0) is 42.5 Å². The largest absolute Gasteiger partial charge is 0.436 e. The van der Waals surface area contributed by atoms with E-state index in [9.17, 15) is 9.59 Å². The Morgan fingerprint density at radius 3 is 2.54 bits per heavy atom. The minimum absolute atomic E-state index is 0.162. The van der Waals surface area contributed by atoms with Crippen molar-refractivity contribution in [1.82, 2.24) is 14.8 Å². The second-order valence-corrected chi connectivity index (χ2v) is 5.70. The van der Waals surface area contributed by atoms with E-state index in [0.29, 0.717) is 11.6 Å². The first kappa shape index (κ1) is 15.8. The molecule has 0 atom stereocenters. The maximum absolute atomic E-state index is 12.2. The first-order valence-corrected chi connectivity index (χ1v) is 7.92. The molecule has 0 aliphatic heterocycles. The lowest BCUT2D eigenvalue weighted by Gasteiger charge is -2.06. The van der Waals surface area contributed by atoms with Gasteiger partial charge in [-0.2, -0.15) is 5.10 Å². The molecule has 1 N–H and O–H groups in total. The summed E-state index contributed by atoms with van der Waals surface area (Å²) in [5.41, 5.74) is 2.81. The minimum atomic E-state index is -0.393. The van der Waals surface area contributed by atoms with Crippen molar-refractivity contribution in [3.05, 3.63) is 76.7 Å². The summed E-state index contributed by atoms with van der Waals surface area (Å²) in [5, 5.41) is 6.67. The molecule has 128 valence electrons. The van der Waals surface area contributed by atoms with Crippen LogP contribution in [0.2, 0.25) is 0 Å². The number of anilines is 1. The molecule has 0 aliphatic rings. The Bertz CT molecular complexity index is 1130. The summed E-state index contributed by atoms with van der Waals surface area (Å²) in [5.74, 6) is 0.124. The number of carbonyl (C=O) groups excluding carboxylic acids is 1. The zero-order chi connectivity index (χ0) is 18.1. The van der Waals surface area contributed by atoms with Gasteiger partial charge in [0.05, 0.1) is 0 Å². The smallest absolute Gasteiger partial charge is 0.276 e. The Morgan fingerprint density at radius 2 is 1.81 bits per heavy atom. The van der Waals surface area contributed by atoms with Crippen LogP contribution in [0.15, 0.2) is 69.9 Å². The molecule has 2 aromatic carbocycles. The van der Waals surface area contributed by atoms with Gasteiger partial charge < -0.3 is 9.73 Å². The van der Waals surface area contributed by atoms with Crippen LogP contribution in [0, 0.1) is 0 Å². The van der Waals surface area contributed by atoms with Crippen LogP contribution < -0.4 is 10.9 Å². The number of oxazole rings is 1. The number of hydrogen-bond acceptors (Lipinski definition) is 5. The molecular formula is C19H14N4O3. The summed E-state index contributed by atoms with van der Waals surface area (Å²) >= 11 is 0. The fourth-order valence-corrected chi connectivity index (χ4v) is 2.51. The molecule has 0 fully saturated rings. The lowest BCUT2D eigenvalue weighted by Crippen LogP contribution is -2.23. The molecule has 1 amide bonds. The van der Waals surface area contributed by atoms with Crippen molar-refractivity contribution in [1.29, 1.82) is 0 Å². The number of aromatic nitrogens is 3. The molecule has 0 aliphatic carbocycles. The lowest BCUT2D eigenvalue weighted by molar-refractivity contribution is 0.102. The summed E-state index contributed by atoms with van der Waals surface area (Å²) in [6.07, 6.45) is 0. The molecule has 0 saturated carbocycles. The molecule has 4 rings (SSSR count). The van der Waals surface area contributed by atoms with Gasteiger partial charge in [-0.3, -0.25) is 9.59 Å². The number of carbonyl (C=O) groups is 1. The number of fused-ring (bicyclic) bond motifs is 1. The highest BCUT2D eigenvalue weighted by Gasteiger charge is 2.11. The normalized spacial score (nSPS) is 10.8. The predicted molar refractivity (Wildman–Crippen MR) is 96.9 cm³/mol. The molecule has 7 nitrogen and oxygen atoms in total. The summed E-state index contributed by atoms with van der Waals surface area (Å²) in [7, 11) is 1.49. The minimum Gasteiger partial charge on any atom is -0.436 e. The molecular weight excluding hydrogens is 332 g/mol. The lowest BCUT2D eigenvalue weighted by atomic mass is 10.2. The van der Waals surface area contributed by atoms with Crippen LogP contribution in [0.1, 0.15) is 10.5 Å². The van der Waals surface area contributed by atoms with Crippen molar-refractivity contribution in [2.45, 2.75) is 0 Å². The van der Waals surface area contributed by atoms with Gasteiger partial charge in [-0.25, -0.2) is 9.67 Å². The third-order valence-electron chi connectivity index (χ3n) is 3.88. The van der Waals surface area contributed by atoms with E-state index in [2.05, 4.69) is 15.4 Å². The quantitative estimate of drug-likeness (QED) is 0.616. The Morgan fingerprint density at radius 1 is 1.04 bits per heavy atom. The fourth-order valence-electron chi connectivity index (χ4n) is 2.51. The van der Waals surface area contributed by atoms with E-state index in [1.165, 1.54) is 19.2 Å². The van der Waals surface area contributed by atoms with Gasteiger partial charge in [-0.15, -0.1) is 0 Å². The highest BCUT2D eigenvalue weighted by atomic mass is 16.3. The van der Waals surface area contributed by atoms with Crippen LogP contribution in [0.5, 0.6) is 0 Å². The number of rotatable bonds is 3. The van der Waals surface area contributed by atoms with E-state index < -0.39 is 5.91 Å². The number of aryl methyl sites for hydroxylation is 1. The number of hydrogen-bond donors (Lipinski definition) is 1. The Labute approximate surface area is 147 Å². The molecule has 0 saturated heterocycles. The van der Waals surface area contributed by atoms with Gasteiger partial charge in [0.25, 0.3) is 11.5 Å². The van der Waals surface area contributed by atoms with Crippen LogP contribution in [0.4, 0.5) is 5.69 Å². The zero-order valence-electron chi connectivity index (χ0n) is 13.8. The van der Waals surface area contributed by atoms with Crippen LogP contribution in [0.25, 0.3) is 22.6 Å². The maximum Gasteiger partial charge on any atom is 0.276 e. The van der Waals surface area contributed by atoms with Gasteiger partial charge in [0.1, 0.15) is 11.2 Å². The van der Waals surface area contributed by atoms with Gasteiger partial charge in [0.2, 0.25) is 5.89 Å². The molecule has 0 unspecified atom stereocenters. The second-order valence-electron chi connectivity index (χ2n) is 5.70. The predicted octanol–water partition coefficient (Wildman–Crippen LogP) is 2.84. The van der Waals surface area contributed by atoms with Crippen molar-refractivity contribution in [2.75, 3.05) is 5.32 Å². The molecule has 0 spiro atoms. The molecule has 2 aromatic heterocycles. The monoisotopic (exact) mass is 346 g/mol. The molecule has 2 heterocycles. The summed E-state index contributed by atoms with van der Waals surface area (Å²) in [6, 6.07) is 17.4. The molecule has 0 radical (unpaired) electrons. The van der Waals surface area contributed by atoms with E-state index in [4.69, 9.17) is 4.42 Å². The third-order valence-corrected chi connectivity index (χ3v) is 3.88. The van der Waals surface area contributed by atoms with Gasteiger partial charge in [0.15, 0.2) is 5.58 Å².